The number of ether oxygens (including phenoxy) is 1. The van der Waals surface area contributed by atoms with Crippen LogP contribution in [0.25, 0.3) is 0 Å². The Kier molecular flexibility index (Phi) is 4.07. The zero-order valence-electron chi connectivity index (χ0n) is 14.7. The average Bonchev–Trinajstić information content (AvgIpc) is 2.60. The zero-order chi connectivity index (χ0) is 16.6. The van der Waals surface area contributed by atoms with Crippen LogP contribution in [0.3, 0.4) is 0 Å². The highest BCUT2D eigenvalue weighted by Gasteiger charge is 2.35. The lowest BCUT2D eigenvalue weighted by Gasteiger charge is -2.43. The molecule has 126 valence electrons. The maximum Gasteiger partial charge on any atom is 0.0554 e. The summed E-state index contributed by atoms with van der Waals surface area (Å²) < 4.78 is 5.42. The van der Waals surface area contributed by atoms with Gasteiger partial charge in [-0.2, -0.15) is 0 Å². The van der Waals surface area contributed by atoms with Gasteiger partial charge in [-0.1, -0.05) is 31.2 Å². The molecule has 2 aliphatic rings. The number of hydrogen-bond donors (Lipinski definition) is 0. The summed E-state index contributed by atoms with van der Waals surface area (Å²) >= 11 is 0. The number of para-hydroxylation sites is 1. The fraction of sp³-hybridized carbons (Fsp3) is 0.429. The van der Waals surface area contributed by atoms with Crippen LogP contribution >= 0.6 is 0 Å². The first-order chi connectivity index (χ1) is 11.6. The fourth-order valence-electron chi connectivity index (χ4n) is 3.83. The van der Waals surface area contributed by atoms with Gasteiger partial charge in [-0.25, -0.2) is 0 Å². The van der Waals surface area contributed by atoms with E-state index in [4.69, 9.17) is 4.74 Å². The Morgan fingerprint density at radius 2 is 1.83 bits per heavy atom. The molecule has 0 radical (unpaired) electrons. The van der Waals surface area contributed by atoms with Crippen molar-refractivity contribution in [3.8, 4) is 0 Å². The molecule has 3 nitrogen and oxygen atoms in total. The topological polar surface area (TPSA) is 15.7 Å². The molecule has 0 amide bonds. The second-order valence-corrected chi connectivity index (χ2v) is 7.61. The molecule has 2 aromatic rings. The summed E-state index contributed by atoms with van der Waals surface area (Å²) in [5.41, 5.74) is 5.83. The van der Waals surface area contributed by atoms with Crippen molar-refractivity contribution in [2.45, 2.75) is 19.9 Å². The smallest absolute Gasteiger partial charge is 0.0554 e. The minimum Gasteiger partial charge on any atom is -0.380 e. The highest BCUT2D eigenvalue weighted by Crippen LogP contribution is 2.32. The van der Waals surface area contributed by atoms with Gasteiger partial charge in [0.05, 0.1) is 13.2 Å². The molecule has 0 bridgehead atoms. The minimum atomic E-state index is 0.357. The van der Waals surface area contributed by atoms with Crippen LogP contribution < -0.4 is 4.90 Å². The molecule has 0 spiro atoms. The highest BCUT2D eigenvalue weighted by molar-refractivity contribution is 5.63. The van der Waals surface area contributed by atoms with Gasteiger partial charge in [0.25, 0.3) is 0 Å². The van der Waals surface area contributed by atoms with Crippen LogP contribution in [-0.2, 0) is 17.7 Å². The summed E-state index contributed by atoms with van der Waals surface area (Å²) in [7, 11) is 2.14. The Labute approximate surface area is 144 Å². The van der Waals surface area contributed by atoms with Crippen LogP contribution in [0.15, 0.2) is 48.5 Å². The number of fused-ring (bicyclic) bond motifs is 1. The van der Waals surface area contributed by atoms with Crippen molar-refractivity contribution in [2.75, 3.05) is 38.3 Å². The summed E-state index contributed by atoms with van der Waals surface area (Å²) in [6.07, 6.45) is 1.15. The summed E-state index contributed by atoms with van der Waals surface area (Å²) in [5, 5.41) is 0. The quantitative estimate of drug-likeness (QED) is 0.850. The van der Waals surface area contributed by atoms with E-state index >= 15 is 0 Å². The molecule has 0 aromatic heterocycles. The largest absolute Gasteiger partial charge is 0.380 e. The van der Waals surface area contributed by atoms with Crippen LogP contribution in [0, 0.1) is 5.41 Å². The van der Waals surface area contributed by atoms with Gasteiger partial charge in [-0.15, -0.1) is 0 Å². The van der Waals surface area contributed by atoms with Crippen molar-refractivity contribution in [1.29, 1.82) is 0 Å². The molecule has 2 heterocycles. The maximum atomic E-state index is 5.42. The first kappa shape index (κ1) is 15.7. The lowest BCUT2D eigenvalue weighted by atomic mass is 9.87. The molecule has 4 rings (SSSR count). The van der Waals surface area contributed by atoms with Crippen molar-refractivity contribution in [3.63, 3.8) is 0 Å². The SMILES string of the molecule is CN(c1ccccc1)c1ccc2c(c1)CN(CC1(C)COC1)CC2. The lowest BCUT2D eigenvalue weighted by molar-refractivity contribution is -0.116. The van der Waals surface area contributed by atoms with E-state index in [2.05, 4.69) is 72.3 Å². The van der Waals surface area contributed by atoms with E-state index in [0.717, 1.165) is 39.3 Å². The molecular formula is C21H26N2O. The van der Waals surface area contributed by atoms with Crippen LogP contribution in [0.2, 0.25) is 0 Å². The third-order valence-corrected chi connectivity index (χ3v) is 5.32. The second-order valence-electron chi connectivity index (χ2n) is 7.61. The first-order valence-electron chi connectivity index (χ1n) is 8.84. The van der Waals surface area contributed by atoms with E-state index in [1.54, 1.807) is 0 Å². The van der Waals surface area contributed by atoms with Gasteiger partial charge < -0.3 is 9.64 Å². The van der Waals surface area contributed by atoms with E-state index < -0.39 is 0 Å². The van der Waals surface area contributed by atoms with Crippen molar-refractivity contribution in [2.24, 2.45) is 5.41 Å². The predicted molar refractivity (Wildman–Crippen MR) is 98.9 cm³/mol. The lowest BCUT2D eigenvalue weighted by Crippen LogP contribution is -2.49. The van der Waals surface area contributed by atoms with Crippen LogP contribution in [-0.4, -0.2) is 38.3 Å². The third-order valence-electron chi connectivity index (χ3n) is 5.32. The van der Waals surface area contributed by atoms with Crippen molar-refractivity contribution in [3.05, 3.63) is 59.7 Å². The highest BCUT2D eigenvalue weighted by atomic mass is 16.5. The van der Waals surface area contributed by atoms with Gasteiger partial charge >= 0.3 is 0 Å². The Hall–Kier alpha value is -1.84. The van der Waals surface area contributed by atoms with Gasteiger partial charge in [0.2, 0.25) is 0 Å². The second kappa shape index (κ2) is 6.23. The van der Waals surface area contributed by atoms with Crippen LogP contribution in [0.4, 0.5) is 11.4 Å². The molecule has 0 saturated carbocycles. The molecule has 2 aliphatic heterocycles. The van der Waals surface area contributed by atoms with Crippen LogP contribution in [0.1, 0.15) is 18.1 Å². The van der Waals surface area contributed by atoms with E-state index in [0.29, 0.717) is 5.41 Å². The monoisotopic (exact) mass is 322 g/mol. The Morgan fingerprint density at radius 3 is 2.54 bits per heavy atom. The molecule has 0 N–H and O–H groups in total. The third kappa shape index (κ3) is 3.06. The Morgan fingerprint density at radius 1 is 1.04 bits per heavy atom. The number of hydrogen-bond acceptors (Lipinski definition) is 3. The van der Waals surface area contributed by atoms with Gasteiger partial charge in [0.15, 0.2) is 0 Å². The molecule has 0 atom stereocenters. The molecule has 2 aromatic carbocycles. The molecule has 0 unspecified atom stereocenters. The Bertz CT molecular complexity index is 709. The zero-order valence-corrected chi connectivity index (χ0v) is 14.7. The van der Waals surface area contributed by atoms with E-state index in [-0.39, 0.29) is 0 Å². The van der Waals surface area contributed by atoms with Gasteiger partial charge in [-0.05, 0) is 41.8 Å². The summed E-state index contributed by atoms with van der Waals surface area (Å²) in [6, 6.07) is 17.5. The molecule has 3 heteroatoms. The van der Waals surface area contributed by atoms with Gasteiger partial charge in [0.1, 0.15) is 0 Å². The molecule has 0 aliphatic carbocycles. The van der Waals surface area contributed by atoms with Crippen molar-refractivity contribution >= 4 is 11.4 Å². The molecule has 1 fully saturated rings. The van der Waals surface area contributed by atoms with E-state index in [9.17, 15) is 0 Å². The summed E-state index contributed by atoms with van der Waals surface area (Å²) in [6.45, 7) is 7.52. The Balaban J connectivity index is 1.52. The standard InChI is InChI=1S/C21H26N2O/c1-21(15-24-16-21)14-23-11-10-17-8-9-20(12-18(17)13-23)22(2)19-6-4-3-5-7-19/h3-9,12H,10-11,13-16H2,1-2H3. The summed E-state index contributed by atoms with van der Waals surface area (Å²) in [5.74, 6) is 0. The van der Waals surface area contributed by atoms with E-state index in [1.165, 1.54) is 22.5 Å². The number of rotatable bonds is 4. The average molecular weight is 322 g/mol. The fourth-order valence-corrected chi connectivity index (χ4v) is 3.83. The van der Waals surface area contributed by atoms with Crippen LogP contribution in [0.5, 0.6) is 0 Å². The van der Waals surface area contributed by atoms with Crippen molar-refractivity contribution < 1.29 is 4.74 Å². The number of benzene rings is 2. The van der Waals surface area contributed by atoms with Gasteiger partial charge in [0, 0.05) is 43.5 Å². The van der Waals surface area contributed by atoms with Crippen molar-refractivity contribution in [1.82, 2.24) is 4.90 Å². The predicted octanol–water partition coefficient (Wildman–Crippen LogP) is 3.85. The van der Waals surface area contributed by atoms with E-state index in [1.807, 2.05) is 0 Å². The minimum absolute atomic E-state index is 0.357. The molecule has 24 heavy (non-hydrogen) atoms. The normalized spacial score (nSPS) is 19.4. The molecule has 1 saturated heterocycles. The number of anilines is 2. The number of nitrogens with zero attached hydrogens (tertiary/aromatic N) is 2. The molecular weight excluding hydrogens is 296 g/mol. The first-order valence-corrected chi connectivity index (χ1v) is 8.84. The maximum absolute atomic E-state index is 5.42. The van der Waals surface area contributed by atoms with Gasteiger partial charge in [-0.3, -0.25) is 4.90 Å². The summed E-state index contributed by atoms with van der Waals surface area (Å²) in [4.78, 5) is 4.86.